The number of carbonyl (C=O) groups excluding carboxylic acids is 1. The Bertz CT molecular complexity index is 432. The lowest BCUT2D eigenvalue weighted by molar-refractivity contribution is -0.139. The van der Waals surface area contributed by atoms with Gasteiger partial charge >= 0.3 is 12.0 Å². The predicted molar refractivity (Wildman–Crippen MR) is 65.4 cm³/mol. The summed E-state index contributed by atoms with van der Waals surface area (Å²) in [5.74, 6) is -0.296. The number of aliphatic carboxylic acids is 1. The Balaban J connectivity index is 2.37. The molecule has 8 heteroatoms. The molecule has 1 aromatic rings. The third-order valence-electron chi connectivity index (χ3n) is 2.43. The van der Waals surface area contributed by atoms with Crippen LogP contribution in [0.15, 0.2) is 4.52 Å². The van der Waals surface area contributed by atoms with E-state index >= 15 is 0 Å². The summed E-state index contributed by atoms with van der Waals surface area (Å²) in [6, 6.07) is -1.45. The van der Waals surface area contributed by atoms with Crippen LogP contribution in [-0.4, -0.2) is 33.3 Å². The zero-order chi connectivity index (χ0) is 14.3. The zero-order valence-electron chi connectivity index (χ0n) is 11.0. The number of hydrogen-bond acceptors (Lipinski definition) is 5. The summed E-state index contributed by atoms with van der Waals surface area (Å²) in [7, 11) is 0. The third-order valence-corrected chi connectivity index (χ3v) is 2.43. The van der Waals surface area contributed by atoms with Crippen LogP contribution < -0.4 is 10.6 Å². The quantitative estimate of drug-likeness (QED) is 0.675. The minimum absolute atomic E-state index is 0.0866. The van der Waals surface area contributed by atoms with Gasteiger partial charge in [-0.25, -0.2) is 9.59 Å². The molecule has 0 fully saturated rings. The molecule has 1 rings (SSSR count). The minimum Gasteiger partial charge on any atom is -0.480 e. The number of carboxylic acids is 1. The van der Waals surface area contributed by atoms with E-state index in [4.69, 9.17) is 9.63 Å². The summed E-state index contributed by atoms with van der Waals surface area (Å²) >= 11 is 0. The number of rotatable bonds is 7. The van der Waals surface area contributed by atoms with Crippen molar-refractivity contribution in [3.8, 4) is 0 Å². The molecule has 0 aliphatic carbocycles. The number of unbranched alkanes of at least 4 members (excludes halogenated alkanes) is 1. The van der Waals surface area contributed by atoms with Gasteiger partial charge in [0.2, 0.25) is 5.89 Å². The van der Waals surface area contributed by atoms with Crippen molar-refractivity contribution in [2.24, 2.45) is 0 Å². The maximum absolute atomic E-state index is 11.5. The van der Waals surface area contributed by atoms with Gasteiger partial charge in [0.15, 0.2) is 5.82 Å². The molecule has 1 heterocycles. The lowest BCUT2D eigenvalue weighted by atomic mass is 10.1. The van der Waals surface area contributed by atoms with Crippen LogP contribution in [0.1, 0.15) is 37.9 Å². The number of nitrogens with one attached hydrogen (secondary N) is 2. The lowest BCUT2D eigenvalue weighted by Crippen LogP contribution is -2.45. The molecular formula is C11H18N4O4. The molecule has 0 aliphatic rings. The smallest absolute Gasteiger partial charge is 0.326 e. The number of carboxylic acid groups (broad SMARTS) is 1. The van der Waals surface area contributed by atoms with Crippen molar-refractivity contribution < 1.29 is 19.2 Å². The fourth-order valence-electron chi connectivity index (χ4n) is 1.45. The van der Waals surface area contributed by atoms with E-state index in [0.29, 0.717) is 18.1 Å². The third kappa shape index (κ3) is 5.36. The second-order valence-electron chi connectivity index (χ2n) is 4.09. The molecule has 1 atom stereocenters. The molecule has 0 bridgehead atoms. The van der Waals surface area contributed by atoms with Gasteiger partial charge in [-0.15, -0.1) is 0 Å². The van der Waals surface area contributed by atoms with Crippen molar-refractivity contribution in [3.63, 3.8) is 0 Å². The Morgan fingerprint density at radius 1 is 1.47 bits per heavy atom. The van der Waals surface area contributed by atoms with Gasteiger partial charge in [-0.3, -0.25) is 0 Å². The van der Waals surface area contributed by atoms with Gasteiger partial charge in [0.25, 0.3) is 0 Å². The molecule has 1 aromatic heterocycles. The first-order chi connectivity index (χ1) is 9.02. The first-order valence-electron chi connectivity index (χ1n) is 6.09. The SMILES string of the molecule is CCCC[C@H](NC(=O)NCc1noc(C)n1)C(=O)O. The minimum atomic E-state index is -1.04. The molecule has 0 unspecified atom stereocenters. The van der Waals surface area contributed by atoms with Gasteiger partial charge in [0, 0.05) is 6.92 Å². The molecule has 0 spiro atoms. The summed E-state index contributed by atoms with van der Waals surface area (Å²) in [4.78, 5) is 26.4. The average molecular weight is 270 g/mol. The van der Waals surface area contributed by atoms with Crippen molar-refractivity contribution in [2.75, 3.05) is 0 Å². The maximum atomic E-state index is 11.5. The van der Waals surface area contributed by atoms with Gasteiger partial charge in [0.05, 0.1) is 6.54 Å². The van der Waals surface area contributed by atoms with E-state index in [1.807, 2.05) is 6.92 Å². The molecule has 0 aliphatic heterocycles. The molecule has 0 saturated heterocycles. The van der Waals surface area contributed by atoms with Crippen LogP contribution in [-0.2, 0) is 11.3 Å². The fraction of sp³-hybridized carbons (Fsp3) is 0.636. The molecular weight excluding hydrogens is 252 g/mol. The maximum Gasteiger partial charge on any atom is 0.326 e. The van der Waals surface area contributed by atoms with E-state index < -0.39 is 18.0 Å². The summed E-state index contributed by atoms with van der Waals surface area (Å²) < 4.78 is 4.74. The van der Waals surface area contributed by atoms with Crippen LogP contribution in [0, 0.1) is 6.92 Å². The molecule has 0 saturated carbocycles. The fourth-order valence-corrected chi connectivity index (χ4v) is 1.45. The van der Waals surface area contributed by atoms with E-state index in [1.54, 1.807) is 6.92 Å². The second-order valence-corrected chi connectivity index (χ2v) is 4.09. The Kier molecular flexibility index (Phi) is 5.77. The number of nitrogens with zero attached hydrogens (tertiary/aromatic N) is 2. The topological polar surface area (TPSA) is 117 Å². The van der Waals surface area contributed by atoms with E-state index in [2.05, 4.69) is 20.8 Å². The van der Waals surface area contributed by atoms with Gasteiger partial charge in [-0.1, -0.05) is 24.9 Å². The van der Waals surface area contributed by atoms with E-state index in [0.717, 1.165) is 12.8 Å². The first-order valence-corrected chi connectivity index (χ1v) is 6.09. The van der Waals surface area contributed by atoms with Crippen molar-refractivity contribution >= 4 is 12.0 Å². The average Bonchev–Trinajstić information content (AvgIpc) is 2.77. The van der Waals surface area contributed by atoms with Crippen LogP contribution in [0.4, 0.5) is 4.79 Å². The number of aryl methyl sites for hydroxylation is 1. The summed E-state index contributed by atoms with van der Waals surface area (Å²) in [5.41, 5.74) is 0. The van der Waals surface area contributed by atoms with Gasteiger partial charge in [-0.2, -0.15) is 4.98 Å². The Labute approximate surface area is 110 Å². The van der Waals surface area contributed by atoms with Gasteiger partial charge in [0.1, 0.15) is 6.04 Å². The number of hydrogen-bond donors (Lipinski definition) is 3. The highest BCUT2D eigenvalue weighted by atomic mass is 16.5. The number of carbonyl (C=O) groups is 2. The van der Waals surface area contributed by atoms with E-state index in [9.17, 15) is 9.59 Å². The van der Waals surface area contributed by atoms with Crippen molar-refractivity contribution in [2.45, 2.75) is 45.7 Å². The summed E-state index contributed by atoms with van der Waals surface area (Å²) in [6.45, 7) is 3.68. The van der Waals surface area contributed by atoms with Gasteiger partial charge < -0.3 is 20.3 Å². The molecule has 3 N–H and O–H groups in total. The van der Waals surface area contributed by atoms with Crippen LogP contribution in [0.2, 0.25) is 0 Å². The van der Waals surface area contributed by atoms with Crippen molar-refractivity contribution in [1.29, 1.82) is 0 Å². The summed E-state index contributed by atoms with van der Waals surface area (Å²) in [6.07, 6.45) is 2.01. The number of aromatic nitrogens is 2. The lowest BCUT2D eigenvalue weighted by Gasteiger charge is -2.14. The van der Waals surface area contributed by atoms with Crippen LogP contribution in [0.3, 0.4) is 0 Å². The molecule has 8 nitrogen and oxygen atoms in total. The second kappa shape index (κ2) is 7.34. The normalized spacial score (nSPS) is 11.9. The van der Waals surface area contributed by atoms with E-state index in [-0.39, 0.29) is 6.54 Å². The van der Waals surface area contributed by atoms with Crippen molar-refractivity contribution in [3.05, 3.63) is 11.7 Å². The molecule has 19 heavy (non-hydrogen) atoms. The Hall–Kier alpha value is -2.12. The largest absolute Gasteiger partial charge is 0.480 e. The zero-order valence-corrected chi connectivity index (χ0v) is 11.0. The Morgan fingerprint density at radius 3 is 2.74 bits per heavy atom. The molecule has 0 aromatic carbocycles. The highest BCUT2D eigenvalue weighted by Crippen LogP contribution is 2.01. The molecule has 2 amide bonds. The van der Waals surface area contributed by atoms with Gasteiger partial charge in [-0.05, 0) is 6.42 Å². The Morgan fingerprint density at radius 2 is 2.21 bits per heavy atom. The number of amides is 2. The van der Waals surface area contributed by atoms with Crippen LogP contribution in [0.25, 0.3) is 0 Å². The molecule has 0 radical (unpaired) electrons. The standard InChI is InChI=1S/C11H18N4O4/c1-3-4-5-8(10(16)17)14-11(18)12-6-9-13-7(2)19-15-9/h8H,3-6H2,1-2H3,(H,16,17)(H2,12,14,18)/t8-/m0/s1. The predicted octanol–water partition coefficient (Wildman–Crippen LogP) is 0.821. The molecule has 106 valence electrons. The number of urea groups is 1. The highest BCUT2D eigenvalue weighted by Gasteiger charge is 2.19. The summed E-state index contributed by atoms with van der Waals surface area (Å²) in [5, 5.41) is 17.4. The van der Waals surface area contributed by atoms with Crippen molar-refractivity contribution in [1.82, 2.24) is 20.8 Å². The highest BCUT2D eigenvalue weighted by molar-refractivity contribution is 5.82. The monoisotopic (exact) mass is 270 g/mol. The first kappa shape index (κ1) is 14.9. The van der Waals surface area contributed by atoms with E-state index in [1.165, 1.54) is 0 Å². The van der Waals surface area contributed by atoms with Crippen LogP contribution >= 0.6 is 0 Å². The van der Waals surface area contributed by atoms with Crippen LogP contribution in [0.5, 0.6) is 0 Å².